The first-order valence-corrected chi connectivity index (χ1v) is 10.4. The molecule has 1 aromatic rings. The van der Waals surface area contributed by atoms with E-state index >= 15 is 0 Å². The Kier molecular flexibility index (Phi) is 9.36. The molecular formula is C18H31NO3Si. The molecule has 4 nitrogen and oxygen atoms in total. The van der Waals surface area contributed by atoms with Crippen molar-refractivity contribution in [2.75, 3.05) is 19.8 Å². The first kappa shape index (κ1) is 20.1. The third-order valence-corrected chi connectivity index (χ3v) is 6.86. The lowest BCUT2D eigenvalue weighted by molar-refractivity contribution is 0.0702. The second-order valence-electron chi connectivity index (χ2n) is 5.36. The van der Waals surface area contributed by atoms with Crippen molar-refractivity contribution in [1.82, 2.24) is 0 Å². The fourth-order valence-electron chi connectivity index (χ4n) is 2.76. The average molecular weight is 338 g/mol. The van der Waals surface area contributed by atoms with Gasteiger partial charge >= 0.3 is 8.80 Å². The molecule has 0 aliphatic heterocycles. The molecule has 1 aromatic carbocycles. The molecule has 0 aromatic heterocycles. The molecule has 0 heterocycles. The summed E-state index contributed by atoms with van der Waals surface area (Å²) in [6.45, 7) is 11.6. The van der Waals surface area contributed by atoms with Crippen molar-refractivity contribution < 1.29 is 13.3 Å². The van der Waals surface area contributed by atoms with E-state index in [2.05, 4.69) is 18.7 Å². The Bertz CT molecular complexity index is 424. The highest BCUT2D eigenvalue weighted by atomic mass is 28.4. The molecule has 0 spiro atoms. The lowest BCUT2D eigenvalue weighted by Crippen LogP contribution is -2.47. The lowest BCUT2D eigenvalue weighted by Gasteiger charge is -2.30. The third kappa shape index (κ3) is 6.20. The maximum atomic E-state index is 6.44. The van der Waals surface area contributed by atoms with E-state index in [-0.39, 0.29) is 12.0 Å². The molecule has 5 heteroatoms. The van der Waals surface area contributed by atoms with Gasteiger partial charge in [0.15, 0.2) is 0 Å². The normalized spacial score (nSPS) is 14.4. The second-order valence-corrected chi connectivity index (χ2v) is 8.09. The van der Waals surface area contributed by atoms with Crippen LogP contribution >= 0.6 is 0 Å². The molecule has 0 saturated heterocycles. The van der Waals surface area contributed by atoms with E-state index in [1.54, 1.807) is 0 Å². The number of hydrogen-bond acceptors (Lipinski definition) is 4. The predicted molar refractivity (Wildman–Crippen MR) is 97.4 cm³/mol. The molecule has 0 aliphatic rings. The zero-order valence-corrected chi connectivity index (χ0v) is 15.7. The minimum Gasteiger partial charge on any atom is -0.374 e. The largest absolute Gasteiger partial charge is 0.500 e. The Labute approximate surface area is 142 Å². The van der Waals surface area contributed by atoms with Gasteiger partial charge in [-0.15, -0.1) is 6.58 Å². The minimum atomic E-state index is -2.63. The van der Waals surface area contributed by atoms with Gasteiger partial charge in [-0.3, -0.25) is 0 Å². The zero-order valence-electron chi connectivity index (χ0n) is 14.7. The Morgan fingerprint density at radius 1 is 1.04 bits per heavy atom. The second kappa shape index (κ2) is 10.7. The molecule has 2 unspecified atom stereocenters. The standard InChI is InChI=1S/C18H31NO3Si/c1-5-17(16-12-10-9-11-13-16)18(19)14-15-23(20-6-2,21-7-3)22-8-4/h5,9-13,17-18H,1,6-8,14-15,19H2,2-4H3. The summed E-state index contributed by atoms with van der Waals surface area (Å²) in [7, 11) is -2.63. The molecule has 23 heavy (non-hydrogen) atoms. The van der Waals surface area contributed by atoms with Crippen LogP contribution in [0.4, 0.5) is 0 Å². The SMILES string of the molecule is C=CC(c1ccccc1)C(N)CC[Si](OCC)(OCC)OCC. The van der Waals surface area contributed by atoms with Crippen molar-refractivity contribution >= 4 is 8.80 Å². The number of benzene rings is 1. The van der Waals surface area contributed by atoms with Crippen molar-refractivity contribution in [3.05, 3.63) is 48.6 Å². The number of rotatable bonds is 12. The summed E-state index contributed by atoms with van der Waals surface area (Å²) in [6, 6.07) is 10.9. The highest BCUT2D eigenvalue weighted by molar-refractivity contribution is 6.60. The molecule has 1 rings (SSSR count). The van der Waals surface area contributed by atoms with Crippen LogP contribution in [0.2, 0.25) is 6.04 Å². The molecule has 0 amide bonds. The van der Waals surface area contributed by atoms with Crippen molar-refractivity contribution in [2.24, 2.45) is 5.73 Å². The predicted octanol–water partition coefficient (Wildman–Crippen LogP) is 3.72. The van der Waals surface area contributed by atoms with Crippen molar-refractivity contribution in [1.29, 1.82) is 0 Å². The fraction of sp³-hybridized carbons (Fsp3) is 0.556. The highest BCUT2D eigenvalue weighted by Crippen LogP contribution is 2.26. The molecule has 0 fully saturated rings. The van der Waals surface area contributed by atoms with Crippen LogP contribution in [-0.2, 0) is 13.3 Å². The van der Waals surface area contributed by atoms with Gasteiger partial charge in [-0.1, -0.05) is 36.4 Å². The van der Waals surface area contributed by atoms with Gasteiger partial charge in [0, 0.05) is 37.8 Å². The highest BCUT2D eigenvalue weighted by Gasteiger charge is 2.40. The van der Waals surface area contributed by atoms with Crippen LogP contribution in [0.25, 0.3) is 0 Å². The summed E-state index contributed by atoms with van der Waals surface area (Å²) >= 11 is 0. The lowest BCUT2D eigenvalue weighted by atomic mass is 9.91. The Balaban J connectivity index is 2.76. The molecule has 2 N–H and O–H groups in total. The van der Waals surface area contributed by atoms with Crippen LogP contribution in [-0.4, -0.2) is 34.7 Å². The van der Waals surface area contributed by atoms with E-state index in [9.17, 15) is 0 Å². The minimum absolute atomic E-state index is 0.0388. The summed E-state index contributed by atoms with van der Waals surface area (Å²) in [5, 5.41) is 0. The molecule has 0 saturated carbocycles. The first-order chi connectivity index (χ1) is 11.1. The van der Waals surface area contributed by atoms with E-state index in [1.807, 2.05) is 45.0 Å². The van der Waals surface area contributed by atoms with Crippen LogP contribution in [0.15, 0.2) is 43.0 Å². The Morgan fingerprint density at radius 2 is 1.57 bits per heavy atom. The van der Waals surface area contributed by atoms with E-state index in [1.165, 1.54) is 5.56 Å². The maximum absolute atomic E-state index is 6.44. The summed E-state index contributed by atoms with van der Waals surface area (Å²) in [5.41, 5.74) is 7.63. The van der Waals surface area contributed by atoms with Gasteiger partial charge in [-0.25, -0.2) is 0 Å². The first-order valence-electron chi connectivity index (χ1n) is 8.47. The fourth-order valence-corrected chi connectivity index (χ4v) is 5.45. The molecule has 0 bridgehead atoms. The van der Waals surface area contributed by atoms with Gasteiger partial charge < -0.3 is 19.0 Å². The van der Waals surface area contributed by atoms with Gasteiger partial charge in [-0.2, -0.15) is 0 Å². The van der Waals surface area contributed by atoms with Crippen molar-refractivity contribution in [2.45, 2.75) is 45.2 Å². The number of nitrogens with two attached hydrogens (primary N) is 1. The molecule has 2 atom stereocenters. The summed E-state index contributed by atoms with van der Waals surface area (Å²) in [5.74, 6) is 0.118. The summed E-state index contributed by atoms with van der Waals surface area (Å²) in [6.07, 6.45) is 2.70. The Hall–Kier alpha value is -0.983. The van der Waals surface area contributed by atoms with Gasteiger partial charge in [0.25, 0.3) is 0 Å². The van der Waals surface area contributed by atoms with E-state index in [4.69, 9.17) is 19.0 Å². The van der Waals surface area contributed by atoms with Crippen LogP contribution in [0.5, 0.6) is 0 Å². The van der Waals surface area contributed by atoms with Gasteiger partial charge in [0.05, 0.1) is 0 Å². The quantitative estimate of drug-likeness (QED) is 0.466. The van der Waals surface area contributed by atoms with E-state index in [0.29, 0.717) is 19.8 Å². The summed E-state index contributed by atoms with van der Waals surface area (Å²) in [4.78, 5) is 0. The summed E-state index contributed by atoms with van der Waals surface area (Å²) < 4.78 is 17.7. The molecular weight excluding hydrogens is 306 g/mol. The average Bonchev–Trinajstić information content (AvgIpc) is 2.55. The molecule has 0 radical (unpaired) electrons. The zero-order chi connectivity index (χ0) is 17.1. The van der Waals surface area contributed by atoms with Crippen LogP contribution in [0.3, 0.4) is 0 Å². The topological polar surface area (TPSA) is 53.7 Å². The monoisotopic (exact) mass is 337 g/mol. The van der Waals surface area contributed by atoms with E-state index < -0.39 is 8.80 Å². The molecule has 0 aliphatic carbocycles. The van der Waals surface area contributed by atoms with Gasteiger partial charge in [0.2, 0.25) is 0 Å². The third-order valence-electron chi connectivity index (χ3n) is 3.78. The molecule has 130 valence electrons. The smallest absolute Gasteiger partial charge is 0.374 e. The maximum Gasteiger partial charge on any atom is 0.500 e. The van der Waals surface area contributed by atoms with Crippen molar-refractivity contribution in [3.8, 4) is 0 Å². The van der Waals surface area contributed by atoms with E-state index in [0.717, 1.165) is 12.5 Å². The van der Waals surface area contributed by atoms with Crippen LogP contribution < -0.4 is 5.73 Å². The van der Waals surface area contributed by atoms with Gasteiger partial charge in [-0.05, 0) is 32.8 Å². The van der Waals surface area contributed by atoms with Crippen LogP contribution in [0, 0.1) is 0 Å². The van der Waals surface area contributed by atoms with Crippen LogP contribution in [0.1, 0.15) is 38.7 Å². The van der Waals surface area contributed by atoms with Gasteiger partial charge in [0.1, 0.15) is 0 Å². The number of hydrogen-bond donors (Lipinski definition) is 1. The van der Waals surface area contributed by atoms with Crippen molar-refractivity contribution in [3.63, 3.8) is 0 Å². The Morgan fingerprint density at radius 3 is 2.00 bits per heavy atom.